The molecular weight excluding hydrogens is 460 g/mol. The van der Waals surface area contributed by atoms with Crippen LogP contribution < -0.4 is 0 Å². The highest BCUT2D eigenvalue weighted by molar-refractivity contribution is 5.21. The summed E-state index contributed by atoms with van der Waals surface area (Å²) >= 11 is 0. The average Bonchev–Trinajstić information content (AvgIpc) is 3.33. The second kappa shape index (κ2) is 19.7. The first-order valence-electron chi connectivity index (χ1n) is 16.0. The van der Waals surface area contributed by atoms with Gasteiger partial charge in [0, 0.05) is 19.2 Å². The van der Waals surface area contributed by atoms with Crippen LogP contribution in [0.2, 0.25) is 0 Å². The van der Waals surface area contributed by atoms with Crippen molar-refractivity contribution in [3.63, 3.8) is 0 Å². The van der Waals surface area contributed by atoms with Crippen molar-refractivity contribution >= 4 is 0 Å². The summed E-state index contributed by atoms with van der Waals surface area (Å²) in [6, 6.07) is 21.7. The van der Waals surface area contributed by atoms with E-state index in [0.29, 0.717) is 0 Å². The van der Waals surface area contributed by atoms with Gasteiger partial charge in [-0.15, -0.1) is 0 Å². The van der Waals surface area contributed by atoms with Crippen molar-refractivity contribution in [2.24, 2.45) is 0 Å². The summed E-state index contributed by atoms with van der Waals surface area (Å²) in [7, 11) is 0. The average molecular weight is 515 g/mol. The van der Waals surface area contributed by atoms with Crippen LogP contribution in [-0.4, -0.2) is 9.55 Å². The molecule has 0 aliphatic heterocycles. The minimum Gasteiger partial charge on any atom is -0.334 e. The lowest BCUT2D eigenvalue weighted by Crippen LogP contribution is -2.04. The summed E-state index contributed by atoms with van der Waals surface area (Å²) in [5, 5.41) is 0. The highest BCUT2D eigenvalue weighted by atomic mass is 15.1. The van der Waals surface area contributed by atoms with Crippen molar-refractivity contribution in [1.82, 2.24) is 9.55 Å². The number of imidazole rings is 1. The molecule has 0 fully saturated rings. The van der Waals surface area contributed by atoms with Gasteiger partial charge in [-0.25, -0.2) is 4.98 Å². The molecule has 0 amide bonds. The lowest BCUT2D eigenvalue weighted by molar-refractivity contribution is 0.519. The molecule has 0 saturated carbocycles. The van der Waals surface area contributed by atoms with Gasteiger partial charge in [0.15, 0.2) is 0 Å². The van der Waals surface area contributed by atoms with Crippen LogP contribution in [0.4, 0.5) is 0 Å². The molecule has 0 saturated heterocycles. The van der Waals surface area contributed by atoms with E-state index in [0.717, 1.165) is 32.2 Å². The first-order valence-corrected chi connectivity index (χ1v) is 16.0. The lowest BCUT2D eigenvalue weighted by Gasteiger charge is -2.08. The van der Waals surface area contributed by atoms with Gasteiger partial charge in [0.25, 0.3) is 0 Å². The first kappa shape index (κ1) is 30.2. The van der Waals surface area contributed by atoms with Crippen molar-refractivity contribution in [2.45, 2.75) is 135 Å². The first-order chi connectivity index (χ1) is 18.8. The molecule has 0 atom stereocenters. The second-order valence-corrected chi connectivity index (χ2v) is 11.3. The number of nitrogens with zero attached hydrogens (tertiary/aromatic N) is 2. The van der Waals surface area contributed by atoms with Gasteiger partial charge in [-0.05, 0) is 36.8 Å². The Bertz CT molecular complexity index is 944. The Labute approximate surface area is 234 Å². The molecule has 3 aromatic rings. The highest BCUT2D eigenvalue weighted by Crippen LogP contribution is 2.16. The van der Waals surface area contributed by atoms with E-state index in [1.54, 1.807) is 0 Å². The zero-order chi connectivity index (χ0) is 26.5. The van der Waals surface area contributed by atoms with Crippen LogP contribution in [0.15, 0.2) is 66.9 Å². The predicted molar refractivity (Wildman–Crippen MR) is 165 cm³/mol. The van der Waals surface area contributed by atoms with Crippen LogP contribution in [0.3, 0.4) is 0 Å². The molecule has 3 rings (SSSR count). The Hall–Kier alpha value is -2.35. The number of rotatable bonds is 22. The van der Waals surface area contributed by atoms with Crippen molar-refractivity contribution in [2.75, 3.05) is 0 Å². The fraction of sp³-hybridized carbons (Fsp3) is 0.583. The van der Waals surface area contributed by atoms with Gasteiger partial charge in [0.05, 0.1) is 5.69 Å². The molecule has 1 aromatic heterocycles. The molecule has 0 radical (unpaired) electrons. The maximum atomic E-state index is 5.09. The van der Waals surface area contributed by atoms with E-state index in [-0.39, 0.29) is 0 Å². The number of hydrogen-bond donors (Lipinski definition) is 0. The summed E-state index contributed by atoms with van der Waals surface area (Å²) < 4.78 is 2.45. The Kier molecular flexibility index (Phi) is 15.6. The lowest BCUT2D eigenvalue weighted by atomic mass is 10.0. The molecular formula is C36H54N2. The van der Waals surface area contributed by atoms with E-state index in [2.05, 4.69) is 78.4 Å². The summed E-state index contributed by atoms with van der Waals surface area (Å²) in [6.07, 6.45) is 27.8. The highest BCUT2D eigenvalue weighted by Gasteiger charge is 2.09. The Morgan fingerprint density at radius 3 is 1.58 bits per heavy atom. The smallest absolute Gasteiger partial charge is 0.113 e. The minimum atomic E-state index is 0.929. The van der Waals surface area contributed by atoms with E-state index in [9.17, 15) is 0 Å². The van der Waals surface area contributed by atoms with Crippen LogP contribution in [0.1, 0.15) is 132 Å². The van der Waals surface area contributed by atoms with Crippen LogP contribution in [0.5, 0.6) is 0 Å². The van der Waals surface area contributed by atoms with Gasteiger partial charge in [-0.2, -0.15) is 0 Å². The summed E-state index contributed by atoms with van der Waals surface area (Å²) in [5.74, 6) is 1.23. The van der Waals surface area contributed by atoms with Gasteiger partial charge in [-0.1, -0.05) is 157 Å². The molecule has 2 nitrogen and oxygen atoms in total. The maximum absolute atomic E-state index is 5.09. The number of unbranched alkanes of at least 4 members (excludes halogenated alkanes) is 14. The Morgan fingerprint density at radius 2 is 1.03 bits per heavy atom. The van der Waals surface area contributed by atoms with Crippen molar-refractivity contribution in [3.8, 4) is 0 Å². The van der Waals surface area contributed by atoms with E-state index in [1.807, 2.05) is 0 Å². The Balaban J connectivity index is 1.30. The van der Waals surface area contributed by atoms with Gasteiger partial charge < -0.3 is 4.57 Å². The predicted octanol–water partition coefficient (Wildman–Crippen LogP) is 10.5. The number of aromatic nitrogens is 2. The molecule has 2 aromatic carbocycles. The number of benzene rings is 2. The Morgan fingerprint density at radius 1 is 0.526 bits per heavy atom. The molecule has 0 bridgehead atoms. The molecule has 0 aliphatic rings. The molecule has 0 N–H and O–H groups in total. The molecule has 0 aliphatic carbocycles. The normalized spacial score (nSPS) is 11.3. The van der Waals surface area contributed by atoms with Gasteiger partial charge in [0.1, 0.15) is 5.82 Å². The molecule has 208 valence electrons. The second-order valence-electron chi connectivity index (χ2n) is 11.3. The third-order valence-electron chi connectivity index (χ3n) is 7.86. The van der Waals surface area contributed by atoms with Gasteiger partial charge >= 0.3 is 0 Å². The summed E-state index contributed by atoms with van der Waals surface area (Å²) in [5.41, 5.74) is 4.04. The maximum Gasteiger partial charge on any atom is 0.113 e. The number of aryl methyl sites for hydroxylation is 3. The zero-order valence-electron chi connectivity index (χ0n) is 24.4. The zero-order valence-corrected chi connectivity index (χ0v) is 24.4. The molecule has 1 heterocycles. The van der Waals surface area contributed by atoms with E-state index < -0.39 is 0 Å². The number of hydrogen-bond acceptors (Lipinski definition) is 1. The summed E-state index contributed by atoms with van der Waals surface area (Å²) in [6.45, 7) is 3.40. The van der Waals surface area contributed by atoms with E-state index >= 15 is 0 Å². The van der Waals surface area contributed by atoms with Gasteiger partial charge in [0.2, 0.25) is 0 Å². The third-order valence-corrected chi connectivity index (χ3v) is 7.86. The quantitative estimate of drug-likeness (QED) is 0.122. The minimum absolute atomic E-state index is 0.929. The van der Waals surface area contributed by atoms with E-state index in [4.69, 9.17) is 4.98 Å². The van der Waals surface area contributed by atoms with Crippen LogP contribution >= 0.6 is 0 Å². The van der Waals surface area contributed by atoms with Crippen molar-refractivity contribution < 1.29 is 0 Å². The molecule has 38 heavy (non-hydrogen) atoms. The van der Waals surface area contributed by atoms with Crippen LogP contribution in [0, 0.1) is 0 Å². The topological polar surface area (TPSA) is 17.8 Å². The van der Waals surface area contributed by atoms with Crippen molar-refractivity contribution in [1.29, 1.82) is 0 Å². The molecule has 0 unspecified atom stereocenters. The monoisotopic (exact) mass is 514 g/mol. The van der Waals surface area contributed by atoms with Gasteiger partial charge in [-0.3, -0.25) is 0 Å². The molecule has 2 heteroatoms. The van der Waals surface area contributed by atoms with E-state index in [1.165, 1.54) is 119 Å². The SMILES string of the molecule is CCCCCCCCCCCCCCCCCn1cc(CCCc2ccccc2)nc1Cc1ccccc1. The standard InChI is InChI=1S/C36H54N2/c1-2-3-4-5-6-7-8-9-10-11-12-13-14-15-22-30-38-32-35(29-23-28-33-24-18-16-19-25-33)37-36(38)31-34-26-20-17-21-27-34/h16-21,24-27,32H,2-15,22-23,28-31H2,1H3. The fourth-order valence-electron chi connectivity index (χ4n) is 5.52. The fourth-order valence-corrected chi connectivity index (χ4v) is 5.52. The van der Waals surface area contributed by atoms with Crippen LogP contribution in [-0.2, 0) is 25.8 Å². The molecule has 0 spiro atoms. The van der Waals surface area contributed by atoms with Crippen molar-refractivity contribution in [3.05, 3.63) is 89.5 Å². The summed E-state index contributed by atoms with van der Waals surface area (Å²) in [4.78, 5) is 5.09. The third kappa shape index (κ3) is 12.9. The largest absolute Gasteiger partial charge is 0.334 e. The van der Waals surface area contributed by atoms with Crippen LogP contribution in [0.25, 0.3) is 0 Å².